The van der Waals surface area contributed by atoms with E-state index in [2.05, 4.69) is 24.1 Å². The molecule has 2 saturated heterocycles. The molecule has 3 fully saturated rings. The summed E-state index contributed by atoms with van der Waals surface area (Å²) < 4.78 is 6.47. The molecule has 3 atom stereocenters. The molecular formula is C25H33N3O4. The van der Waals surface area contributed by atoms with Crippen molar-refractivity contribution in [1.29, 1.82) is 0 Å². The molecular weight excluding hydrogens is 406 g/mol. The number of rotatable bonds is 4. The Kier molecular flexibility index (Phi) is 5.48. The zero-order chi connectivity index (χ0) is 22.5. The van der Waals surface area contributed by atoms with Crippen LogP contribution in [-0.4, -0.2) is 58.8 Å². The van der Waals surface area contributed by atoms with Crippen LogP contribution in [-0.2, 0) is 16.1 Å². The Hall–Kier alpha value is -2.41. The fourth-order valence-electron chi connectivity index (χ4n) is 5.72. The lowest BCUT2D eigenvalue weighted by atomic mass is 9.82. The van der Waals surface area contributed by atoms with Crippen molar-refractivity contribution in [2.24, 2.45) is 5.41 Å². The molecule has 1 aromatic rings. The molecule has 3 heterocycles. The predicted octanol–water partition coefficient (Wildman–Crippen LogP) is 2.87. The molecule has 1 unspecified atom stereocenters. The molecule has 1 aliphatic carbocycles. The van der Waals surface area contributed by atoms with E-state index in [1.54, 1.807) is 4.90 Å². The number of fused-ring (bicyclic) bond motifs is 1. The zero-order valence-corrected chi connectivity index (χ0v) is 19.1. The Morgan fingerprint density at radius 2 is 1.84 bits per heavy atom. The van der Waals surface area contributed by atoms with Gasteiger partial charge in [0.2, 0.25) is 11.8 Å². The molecule has 4 aliphatic rings. The van der Waals surface area contributed by atoms with E-state index in [1.165, 1.54) is 25.7 Å². The molecule has 7 heteroatoms. The van der Waals surface area contributed by atoms with E-state index in [0.717, 1.165) is 30.8 Å². The fourth-order valence-corrected chi connectivity index (χ4v) is 5.72. The van der Waals surface area contributed by atoms with E-state index in [-0.39, 0.29) is 30.2 Å². The third-order valence-corrected chi connectivity index (χ3v) is 7.82. The maximum Gasteiger partial charge on any atom is 0.255 e. The van der Waals surface area contributed by atoms with Crippen LogP contribution >= 0.6 is 0 Å². The number of hydrogen-bond donors (Lipinski definition) is 1. The summed E-state index contributed by atoms with van der Waals surface area (Å²) in [4.78, 5) is 40.8. The monoisotopic (exact) mass is 439 g/mol. The molecule has 0 bridgehead atoms. The summed E-state index contributed by atoms with van der Waals surface area (Å²) in [7, 11) is 0. The zero-order valence-electron chi connectivity index (χ0n) is 19.1. The van der Waals surface area contributed by atoms with Gasteiger partial charge >= 0.3 is 0 Å². The average molecular weight is 440 g/mol. The second-order valence-electron chi connectivity index (χ2n) is 10.6. The minimum absolute atomic E-state index is 0.143. The first-order valence-corrected chi connectivity index (χ1v) is 12.0. The van der Waals surface area contributed by atoms with Gasteiger partial charge < -0.3 is 9.64 Å². The normalized spacial score (nSPS) is 30.4. The highest BCUT2D eigenvalue weighted by atomic mass is 16.5. The van der Waals surface area contributed by atoms with Crippen LogP contribution in [0.15, 0.2) is 18.2 Å². The molecule has 0 spiro atoms. The van der Waals surface area contributed by atoms with E-state index in [4.69, 9.17) is 4.74 Å². The van der Waals surface area contributed by atoms with Gasteiger partial charge in [-0.2, -0.15) is 0 Å². The van der Waals surface area contributed by atoms with Crippen LogP contribution in [0.2, 0.25) is 0 Å². The maximum atomic E-state index is 12.9. The summed E-state index contributed by atoms with van der Waals surface area (Å²) in [6, 6.07) is 5.56. The topological polar surface area (TPSA) is 79.0 Å². The third kappa shape index (κ3) is 4.03. The molecule has 3 aliphatic heterocycles. The van der Waals surface area contributed by atoms with Crippen molar-refractivity contribution in [3.8, 4) is 5.75 Å². The summed E-state index contributed by atoms with van der Waals surface area (Å²) in [6.07, 6.45) is 6.70. The Bertz CT molecular complexity index is 933. The van der Waals surface area contributed by atoms with Crippen molar-refractivity contribution in [2.45, 2.75) is 83.5 Å². The number of piperidine rings is 2. The number of hydrogen-bond acceptors (Lipinski definition) is 5. The number of benzene rings is 1. The number of imide groups is 1. The van der Waals surface area contributed by atoms with Gasteiger partial charge in [-0.25, -0.2) is 0 Å². The molecule has 5 rings (SSSR count). The Morgan fingerprint density at radius 3 is 2.59 bits per heavy atom. The number of carbonyl (C=O) groups is 3. The third-order valence-electron chi connectivity index (χ3n) is 7.82. The van der Waals surface area contributed by atoms with Crippen LogP contribution in [0.1, 0.15) is 74.7 Å². The van der Waals surface area contributed by atoms with Crippen LogP contribution in [0.4, 0.5) is 0 Å². The van der Waals surface area contributed by atoms with Crippen molar-refractivity contribution < 1.29 is 19.1 Å². The number of carbonyl (C=O) groups excluding carboxylic acids is 3. The molecule has 32 heavy (non-hydrogen) atoms. The summed E-state index contributed by atoms with van der Waals surface area (Å²) in [5, 5.41) is 2.35. The van der Waals surface area contributed by atoms with Gasteiger partial charge in [-0.05, 0) is 80.8 Å². The van der Waals surface area contributed by atoms with E-state index in [9.17, 15) is 14.4 Å². The van der Waals surface area contributed by atoms with E-state index >= 15 is 0 Å². The first-order valence-electron chi connectivity index (χ1n) is 12.0. The second kappa shape index (κ2) is 8.18. The molecule has 1 N–H and O–H groups in total. The number of ether oxygens (including phenoxy) is 1. The standard InChI is InChI=1S/C25H33N3O4/c1-25(2)10-12-27(13-11-25)19-4-3-5-21(19)32-17-6-7-18-16(14-17)15-28(24(18)31)20-8-9-22(29)26-23(20)30/h6-7,14,19-21H,3-5,8-13,15H2,1-2H3,(H,26,29,30)/t19-,20?,21-/m0/s1. The number of amides is 3. The van der Waals surface area contributed by atoms with Gasteiger partial charge in [-0.3, -0.25) is 24.6 Å². The van der Waals surface area contributed by atoms with E-state index in [0.29, 0.717) is 30.0 Å². The quantitative estimate of drug-likeness (QED) is 0.730. The van der Waals surface area contributed by atoms with Crippen molar-refractivity contribution in [3.05, 3.63) is 29.3 Å². The van der Waals surface area contributed by atoms with Gasteiger partial charge in [0.05, 0.1) is 0 Å². The second-order valence-corrected chi connectivity index (χ2v) is 10.6. The Morgan fingerprint density at radius 1 is 1.06 bits per heavy atom. The van der Waals surface area contributed by atoms with Gasteiger partial charge in [0.15, 0.2) is 0 Å². The number of nitrogens with one attached hydrogen (secondary N) is 1. The Balaban J connectivity index is 1.26. The van der Waals surface area contributed by atoms with Crippen LogP contribution in [0.5, 0.6) is 5.75 Å². The van der Waals surface area contributed by atoms with E-state index < -0.39 is 6.04 Å². The van der Waals surface area contributed by atoms with Crippen LogP contribution in [0, 0.1) is 5.41 Å². The lowest BCUT2D eigenvalue weighted by Crippen LogP contribution is -2.52. The minimum atomic E-state index is -0.584. The SMILES string of the molecule is CC1(C)CCN([C@H]2CCC[C@@H]2Oc2ccc3c(c2)CN(C2CCC(=O)NC2=O)C3=O)CC1. The minimum Gasteiger partial charge on any atom is -0.489 e. The molecule has 3 amide bonds. The number of likely N-dealkylation sites (tertiary alicyclic amines) is 1. The van der Waals surface area contributed by atoms with Crippen molar-refractivity contribution in [2.75, 3.05) is 13.1 Å². The highest BCUT2D eigenvalue weighted by Gasteiger charge is 2.40. The highest BCUT2D eigenvalue weighted by molar-refractivity contribution is 6.05. The fraction of sp³-hybridized carbons (Fsp3) is 0.640. The molecule has 1 aromatic carbocycles. The predicted molar refractivity (Wildman–Crippen MR) is 119 cm³/mol. The largest absolute Gasteiger partial charge is 0.489 e. The Labute approximate surface area is 189 Å². The highest BCUT2D eigenvalue weighted by Crippen LogP contribution is 2.36. The summed E-state index contributed by atoms with van der Waals surface area (Å²) >= 11 is 0. The molecule has 1 saturated carbocycles. The van der Waals surface area contributed by atoms with Gasteiger partial charge in [0.25, 0.3) is 5.91 Å². The average Bonchev–Trinajstić information content (AvgIpc) is 3.33. The van der Waals surface area contributed by atoms with Crippen molar-refractivity contribution >= 4 is 17.7 Å². The van der Waals surface area contributed by atoms with Gasteiger partial charge in [-0.15, -0.1) is 0 Å². The van der Waals surface area contributed by atoms with Gasteiger partial charge in [0, 0.05) is 24.6 Å². The molecule has 0 aromatic heterocycles. The molecule has 7 nitrogen and oxygen atoms in total. The van der Waals surface area contributed by atoms with Crippen LogP contribution < -0.4 is 10.1 Å². The smallest absolute Gasteiger partial charge is 0.255 e. The first-order chi connectivity index (χ1) is 15.3. The van der Waals surface area contributed by atoms with Crippen LogP contribution in [0.3, 0.4) is 0 Å². The van der Waals surface area contributed by atoms with Gasteiger partial charge in [0.1, 0.15) is 17.9 Å². The van der Waals surface area contributed by atoms with Crippen molar-refractivity contribution in [1.82, 2.24) is 15.1 Å². The summed E-state index contributed by atoms with van der Waals surface area (Å²) in [5.74, 6) is 0.0125. The lowest BCUT2D eigenvalue weighted by Gasteiger charge is -2.41. The maximum absolute atomic E-state index is 12.9. The molecule has 172 valence electrons. The number of nitrogens with zero attached hydrogens (tertiary/aromatic N) is 2. The molecule has 0 radical (unpaired) electrons. The summed E-state index contributed by atoms with van der Waals surface area (Å²) in [6.45, 7) is 7.37. The summed E-state index contributed by atoms with van der Waals surface area (Å²) in [5.41, 5.74) is 1.96. The van der Waals surface area contributed by atoms with Gasteiger partial charge in [-0.1, -0.05) is 13.8 Å². The lowest BCUT2D eigenvalue weighted by molar-refractivity contribution is -0.136. The van der Waals surface area contributed by atoms with Crippen molar-refractivity contribution in [3.63, 3.8) is 0 Å². The van der Waals surface area contributed by atoms with Crippen LogP contribution in [0.25, 0.3) is 0 Å². The van der Waals surface area contributed by atoms with E-state index in [1.807, 2.05) is 18.2 Å². The first kappa shape index (κ1) is 21.4.